The molecule has 0 fully saturated rings. The van der Waals surface area contributed by atoms with Gasteiger partial charge in [-0.25, -0.2) is 12.8 Å². The van der Waals surface area contributed by atoms with Gasteiger partial charge in [0.15, 0.2) is 0 Å². The number of rotatable bonds is 6. The lowest BCUT2D eigenvalue weighted by atomic mass is 10.0. The van der Waals surface area contributed by atoms with Crippen LogP contribution in [-0.2, 0) is 10.0 Å². The second-order valence-corrected chi connectivity index (χ2v) is 8.64. The van der Waals surface area contributed by atoms with Crippen molar-refractivity contribution in [3.05, 3.63) is 78.1 Å². The van der Waals surface area contributed by atoms with E-state index in [0.29, 0.717) is 28.3 Å². The Balaban J connectivity index is 2.07. The summed E-state index contributed by atoms with van der Waals surface area (Å²) in [6, 6.07) is 17.6. The quantitative estimate of drug-likeness (QED) is 0.640. The molecule has 0 radical (unpaired) electrons. The topological polar surface area (TPSA) is 75.7 Å². The zero-order valence-electron chi connectivity index (χ0n) is 16.7. The highest BCUT2D eigenvalue weighted by molar-refractivity contribution is 7.92. The number of hydrogen-bond acceptors (Lipinski definition) is 4. The Kier molecular flexibility index (Phi) is 6.07. The van der Waals surface area contributed by atoms with E-state index in [9.17, 15) is 17.6 Å². The number of carbonyl (C=O) groups excluding carboxylic acids is 1. The van der Waals surface area contributed by atoms with Crippen LogP contribution in [0.1, 0.15) is 10.4 Å². The monoisotopic (exact) mass is 428 g/mol. The first-order valence-corrected chi connectivity index (χ1v) is 10.8. The molecule has 0 aromatic heterocycles. The third kappa shape index (κ3) is 4.60. The van der Waals surface area contributed by atoms with E-state index in [1.165, 1.54) is 26.3 Å². The Bertz CT molecular complexity index is 1180. The molecule has 30 heavy (non-hydrogen) atoms. The maximum Gasteiger partial charge on any atom is 0.259 e. The van der Waals surface area contributed by atoms with E-state index >= 15 is 0 Å². The van der Waals surface area contributed by atoms with Crippen LogP contribution in [0.5, 0.6) is 5.75 Å². The van der Waals surface area contributed by atoms with Crippen LogP contribution in [0, 0.1) is 5.82 Å². The van der Waals surface area contributed by atoms with Crippen LogP contribution in [0.15, 0.2) is 66.7 Å². The molecule has 0 aliphatic rings. The van der Waals surface area contributed by atoms with Gasteiger partial charge in [-0.2, -0.15) is 0 Å². The fraction of sp³-hybridized carbons (Fsp3) is 0.136. The number of sulfonamides is 1. The molecule has 3 aromatic rings. The molecule has 1 amide bonds. The smallest absolute Gasteiger partial charge is 0.259 e. The van der Waals surface area contributed by atoms with Crippen molar-refractivity contribution in [3.63, 3.8) is 0 Å². The average Bonchev–Trinajstić information content (AvgIpc) is 2.73. The van der Waals surface area contributed by atoms with E-state index in [-0.39, 0.29) is 5.82 Å². The highest BCUT2D eigenvalue weighted by Crippen LogP contribution is 2.33. The lowest BCUT2D eigenvalue weighted by Crippen LogP contribution is -2.26. The normalized spacial score (nSPS) is 11.1. The maximum atomic E-state index is 13.3. The number of ether oxygens (including phenoxy) is 1. The molecule has 0 heterocycles. The van der Waals surface area contributed by atoms with Crippen molar-refractivity contribution < 1.29 is 22.3 Å². The second kappa shape index (κ2) is 8.54. The molecule has 3 aromatic carbocycles. The molecule has 1 N–H and O–H groups in total. The SMILES string of the molecule is COc1ccccc1C(=O)Nc1cc(-c2ccc(F)cc2)ccc1N(C)S(C)(=O)=O. The number of para-hydroxylation sites is 1. The number of hydrogen-bond donors (Lipinski definition) is 1. The van der Waals surface area contributed by atoms with Crippen molar-refractivity contribution >= 4 is 27.3 Å². The molecule has 3 rings (SSSR count). The highest BCUT2D eigenvalue weighted by atomic mass is 32.2. The first-order valence-electron chi connectivity index (χ1n) is 8.99. The van der Waals surface area contributed by atoms with Crippen LogP contribution >= 0.6 is 0 Å². The molecule has 0 saturated carbocycles. The molecule has 156 valence electrons. The number of benzene rings is 3. The maximum absolute atomic E-state index is 13.3. The molecule has 0 bridgehead atoms. The Hall–Kier alpha value is -3.39. The lowest BCUT2D eigenvalue weighted by molar-refractivity contribution is 0.102. The van der Waals surface area contributed by atoms with Crippen LogP contribution in [0.3, 0.4) is 0 Å². The van der Waals surface area contributed by atoms with Crippen LogP contribution in [0.25, 0.3) is 11.1 Å². The third-order valence-electron chi connectivity index (χ3n) is 4.61. The number of carbonyl (C=O) groups is 1. The Labute approximate surface area is 175 Å². The molecule has 0 saturated heterocycles. The average molecular weight is 428 g/mol. The van der Waals surface area contributed by atoms with E-state index in [0.717, 1.165) is 16.1 Å². The predicted molar refractivity (Wildman–Crippen MR) is 116 cm³/mol. The first-order chi connectivity index (χ1) is 14.2. The number of nitrogens with one attached hydrogen (secondary N) is 1. The van der Waals surface area contributed by atoms with E-state index < -0.39 is 15.9 Å². The minimum absolute atomic E-state index is 0.292. The molecule has 0 spiro atoms. The summed E-state index contributed by atoms with van der Waals surface area (Å²) < 4.78 is 43.8. The number of methoxy groups -OCH3 is 1. The van der Waals surface area contributed by atoms with Gasteiger partial charge in [-0.3, -0.25) is 9.10 Å². The molecule has 0 unspecified atom stereocenters. The highest BCUT2D eigenvalue weighted by Gasteiger charge is 2.20. The Morgan fingerprint density at radius 2 is 1.63 bits per heavy atom. The summed E-state index contributed by atoms with van der Waals surface area (Å²) in [6.45, 7) is 0. The van der Waals surface area contributed by atoms with Gasteiger partial charge in [0, 0.05) is 7.05 Å². The third-order valence-corrected chi connectivity index (χ3v) is 5.80. The molecule has 0 aliphatic carbocycles. The Morgan fingerprint density at radius 3 is 2.27 bits per heavy atom. The van der Waals surface area contributed by atoms with E-state index in [1.54, 1.807) is 54.6 Å². The van der Waals surface area contributed by atoms with Gasteiger partial charge in [0.05, 0.1) is 30.3 Å². The minimum Gasteiger partial charge on any atom is -0.496 e. The number of anilines is 2. The molecule has 0 aliphatic heterocycles. The predicted octanol–water partition coefficient (Wildman–Crippen LogP) is 4.15. The first kappa shape index (κ1) is 21.3. The summed E-state index contributed by atoms with van der Waals surface area (Å²) in [5.74, 6) is -0.425. The summed E-state index contributed by atoms with van der Waals surface area (Å²) in [5.41, 5.74) is 2.31. The van der Waals surface area contributed by atoms with Gasteiger partial charge in [-0.1, -0.05) is 30.3 Å². The zero-order chi connectivity index (χ0) is 21.9. The minimum atomic E-state index is -3.57. The fourth-order valence-electron chi connectivity index (χ4n) is 2.93. The molecule has 6 nitrogen and oxygen atoms in total. The van der Waals surface area contributed by atoms with Crippen LogP contribution < -0.4 is 14.4 Å². The number of amides is 1. The van der Waals surface area contributed by atoms with Crippen molar-refractivity contribution in [2.75, 3.05) is 30.0 Å². The summed E-state index contributed by atoms with van der Waals surface area (Å²) in [4.78, 5) is 12.9. The van der Waals surface area contributed by atoms with Gasteiger partial charge >= 0.3 is 0 Å². The summed E-state index contributed by atoms with van der Waals surface area (Å²) in [6.07, 6.45) is 1.08. The van der Waals surface area contributed by atoms with Crippen molar-refractivity contribution in [2.45, 2.75) is 0 Å². The largest absolute Gasteiger partial charge is 0.496 e. The van der Waals surface area contributed by atoms with Crippen molar-refractivity contribution in [1.82, 2.24) is 0 Å². The van der Waals surface area contributed by atoms with Gasteiger partial charge in [0.2, 0.25) is 10.0 Å². The summed E-state index contributed by atoms with van der Waals surface area (Å²) in [5, 5.41) is 2.78. The molecule has 8 heteroatoms. The van der Waals surface area contributed by atoms with Crippen molar-refractivity contribution in [3.8, 4) is 16.9 Å². The van der Waals surface area contributed by atoms with Gasteiger partial charge in [-0.05, 0) is 47.5 Å². The van der Waals surface area contributed by atoms with Crippen LogP contribution in [-0.4, -0.2) is 34.7 Å². The standard InChI is InChI=1S/C22H21FN2O4S/c1-25(30(3,27)28)20-13-10-16(15-8-11-17(23)12-9-15)14-19(20)24-22(26)18-6-4-5-7-21(18)29-2/h4-14H,1-3H3,(H,24,26). The lowest BCUT2D eigenvalue weighted by Gasteiger charge is -2.21. The second-order valence-electron chi connectivity index (χ2n) is 6.62. The van der Waals surface area contributed by atoms with Gasteiger partial charge in [0.1, 0.15) is 11.6 Å². The number of halogens is 1. The summed E-state index contributed by atoms with van der Waals surface area (Å²) in [7, 11) is -0.701. The van der Waals surface area contributed by atoms with Crippen LogP contribution in [0.4, 0.5) is 15.8 Å². The zero-order valence-corrected chi connectivity index (χ0v) is 17.5. The van der Waals surface area contributed by atoms with E-state index in [1.807, 2.05) is 0 Å². The van der Waals surface area contributed by atoms with E-state index in [4.69, 9.17) is 4.74 Å². The number of nitrogens with zero attached hydrogens (tertiary/aromatic N) is 1. The van der Waals surface area contributed by atoms with Crippen molar-refractivity contribution in [1.29, 1.82) is 0 Å². The van der Waals surface area contributed by atoms with E-state index in [2.05, 4.69) is 5.32 Å². The molecular weight excluding hydrogens is 407 g/mol. The fourth-order valence-corrected chi connectivity index (χ4v) is 3.45. The van der Waals surface area contributed by atoms with Gasteiger partial charge in [0.25, 0.3) is 5.91 Å². The summed E-state index contributed by atoms with van der Waals surface area (Å²) >= 11 is 0. The van der Waals surface area contributed by atoms with Crippen LogP contribution in [0.2, 0.25) is 0 Å². The molecule has 0 atom stereocenters. The Morgan fingerprint density at radius 1 is 1.00 bits per heavy atom. The van der Waals surface area contributed by atoms with Gasteiger partial charge in [-0.15, -0.1) is 0 Å². The van der Waals surface area contributed by atoms with Gasteiger partial charge < -0.3 is 10.1 Å². The molecular formula is C22H21FN2O4S. The van der Waals surface area contributed by atoms with Crippen molar-refractivity contribution in [2.24, 2.45) is 0 Å².